The van der Waals surface area contributed by atoms with Crippen LogP contribution in [0.5, 0.6) is 5.75 Å². The molecule has 182 valence electrons. The third-order valence-electron chi connectivity index (χ3n) is 6.43. The number of nitrogens with zero attached hydrogens (tertiary/aromatic N) is 1. The second kappa shape index (κ2) is 10.8. The van der Waals surface area contributed by atoms with E-state index in [2.05, 4.69) is 49.4 Å². The highest BCUT2D eigenvalue weighted by Crippen LogP contribution is 2.47. The van der Waals surface area contributed by atoms with Gasteiger partial charge < -0.3 is 14.8 Å². The average Bonchev–Trinajstić information content (AvgIpc) is 3.20. The predicted octanol–water partition coefficient (Wildman–Crippen LogP) is 3.77. The summed E-state index contributed by atoms with van der Waals surface area (Å²) in [7, 11) is 12.6. The van der Waals surface area contributed by atoms with Crippen LogP contribution in [-0.4, -0.2) is 47.6 Å². The Labute approximate surface area is 215 Å². The van der Waals surface area contributed by atoms with Gasteiger partial charge in [-0.1, -0.05) is 44.7 Å². The topological polar surface area (TPSA) is 92.6 Å². The molecule has 7 nitrogen and oxygen atoms in total. The van der Waals surface area contributed by atoms with Gasteiger partial charge in [-0.25, -0.2) is 10.3 Å². The normalized spacial score (nSPS) is 18.1. The molecule has 1 unspecified atom stereocenters. The van der Waals surface area contributed by atoms with Crippen LogP contribution < -0.4 is 15.5 Å². The van der Waals surface area contributed by atoms with Crippen molar-refractivity contribution in [2.45, 2.75) is 50.5 Å². The molecule has 4 rings (SSSR count). The van der Waals surface area contributed by atoms with Crippen molar-refractivity contribution in [3.8, 4) is 22.9 Å². The van der Waals surface area contributed by atoms with E-state index in [1.54, 1.807) is 0 Å². The molecule has 1 saturated heterocycles. The fourth-order valence-electron chi connectivity index (χ4n) is 4.32. The van der Waals surface area contributed by atoms with Crippen LogP contribution in [0.15, 0.2) is 42.5 Å². The largest absolute Gasteiger partial charge is 0.493 e. The van der Waals surface area contributed by atoms with Gasteiger partial charge in [0.25, 0.3) is 5.91 Å². The number of fused-ring (bicyclic) bond motifs is 1. The predicted molar refractivity (Wildman–Crippen MR) is 140 cm³/mol. The monoisotopic (exact) mass is 481 g/mol. The minimum absolute atomic E-state index is 0.0488. The Kier molecular flexibility index (Phi) is 7.77. The third kappa shape index (κ3) is 5.45. The molecule has 0 aromatic heterocycles. The first-order chi connectivity index (χ1) is 17.2. The number of hydrogen-bond donors (Lipinski definition) is 2. The molecule has 0 spiro atoms. The number of nitriles is 1. The van der Waals surface area contributed by atoms with Gasteiger partial charge in [0.1, 0.15) is 11.8 Å². The third-order valence-corrected chi connectivity index (χ3v) is 6.43. The van der Waals surface area contributed by atoms with Gasteiger partial charge in [0.15, 0.2) is 6.29 Å². The van der Waals surface area contributed by atoms with Gasteiger partial charge in [-0.3, -0.25) is 4.79 Å². The lowest BCUT2D eigenvalue weighted by Crippen LogP contribution is -2.34. The SMILES string of the molecule is [B]C1([B])COc2c(-c3ccc(C(C)C)cc3)cc(NCC(=C)C(=O)NOC3CCCCO3)c(C#N)c21. The van der Waals surface area contributed by atoms with Gasteiger partial charge in [0.2, 0.25) is 0 Å². The summed E-state index contributed by atoms with van der Waals surface area (Å²) in [6, 6.07) is 12.2. The number of rotatable bonds is 8. The van der Waals surface area contributed by atoms with Crippen LogP contribution in [0.1, 0.15) is 55.7 Å². The van der Waals surface area contributed by atoms with Crippen LogP contribution in [0, 0.1) is 11.3 Å². The lowest BCUT2D eigenvalue weighted by Gasteiger charge is -2.23. The highest BCUT2D eigenvalue weighted by Gasteiger charge is 2.37. The molecule has 1 fully saturated rings. The molecule has 0 saturated carbocycles. The smallest absolute Gasteiger partial charge is 0.272 e. The Morgan fingerprint density at radius 3 is 2.69 bits per heavy atom. The fourth-order valence-corrected chi connectivity index (χ4v) is 4.32. The molecule has 0 bridgehead atoms. The van der Waals surface area contributed by atoms with E-state index in [0.717, 1.165) is 24.0 Å². The summed E-state index contributed by atoms with van der Waals surface area (Å²) in [6.45, 7) is 8.83. The van der Waals surface area contributed by atoms with Gasteiger partial charge in [-0.15, -0.1) is 0 Å². The second-order valence-corrected chi connectivity index (χ2v) is 9.57. The molecular weight excluding hydrogens is 452 g/mol. The standard InChI is InChI=1S/C27H29B2N3O4/c1-16(2)18-7-9-19(10-8-18)20-12-22(21(13-30)24-25(20)35-15-27(24,28)29)31-14-17(3)26(33)32-36-23-6-4-5-11-34-23/h7-10,12,16,23,31H,3-6,11,14-15H2,1-2H3,(H,32,33). The summed E-state index contributed by atoms with van der Waals surface area (Å²) >= 11 is 0. The lowest BCUT2D eigenvalue weighted by molar-refractivity contribution is -0.198. The van der Waals surface area contributed by atoms with Gasteiger partial charge >= 0.3 is 0 Å². The summed E-state index contributed by atoms with van der Waals surface area (Å²) < 4.78 is 11.3. The molecule has 2 aromatic rings. The Morgan fingerprint density at radius 1 is 1.31 bits per heavy atom. The van der Waals surface area contributed by atoms with E-state index in [9.17, 15) is 10.1 Å². The average molecular weight is 481 g/mol. The van der Waals surface area contributed by atoms with E-state index in [1.807, 2.05) is 18.2 Å². The number of hydrogen-bond acceptors (Lipinski definition) is 6. The number of hydroxylamine groups is 1. The van der Waals surface area contributed by atoms with E-state index in [4.69, 9.17) is 30.0 Å². The number of anilines is 1. The van der Waals surface area contributed by atoms with Crippen LogP contribution in [0.25, 0.3) is 11.1 Å². The summed E-state index contributed by atoms with van der Waals surface area (Å²) in [5.74, 6) is 0.416. The molecule has 2 heterocycles. The first-order valence-electron chi connectivity index (χ1n) is 12.1. The lowest BCUT2D eigenvalue weighted by atomic mass is 9.51. The maximum absolute atomic E-state index is 12.5. The molecule has 9 heteroatoms. The van der Waals surface area contributed by atoms with Crippen molar-refractivity contribution in [3.63, 3.8) is 0 Å². The zero-order valence-electron chi connectivity index (χ0n) is 20.7. The number of benzene rings is 2. The van der Waals surface area contributed by atoms with E-state index in [1.165, 1.54) is 5.56 Å². The Hall–Kier alpha value is -3.21. The first-order valence-corrected chi connectivity index (χ1v) is 12.1. The van der Waals surface area contributed by atoms with E-state index in [0.29, 0.717) is 35.9 Å². The van der Waals surface area contributed by atoms with Crippen molar-refractivity contribution in [2.75, 3.05) is 25.1 Å². The Bertz CT molecular complexity index is 1180. The van der Waals surface area contributed by atoms with Crippen molar-refractivity contribution >= 4 is 27.3 Å². The van der Waals surface area contributed by atoms with E-state index >= 15 is 0 Å². The highest BCUT2D eigenvalue weighted by molar-refractivity contribution is 6.41. The maximum atomic E-state index is 12.5. The number of ether oxygens (including phenoxy) is 2. The summed E-state index contributed by atoms with van der Waals surface area (Å²) in [4.78, 5) is 17.8. The number of carbonyl (C=O) groups is 1. The molecule has 2 N–H and O–H groups in total. The van der Waals surface area contributed by atoms with Crippen LogP contribution in [0.2, 0.25) is 0 Å². The van der Waals surface area contributed by atoms with Crippen molar-refractivity contribution in [3.05, 3.63) is 59.2 Å². The number of nitrogens with one attached hydrogen (secondary N) is 2. The van der Waals surface area contributed by atoms with Crippen LogP contribution in [0.4, 0.5) is 5.69 Å². The van der Waals surface area contributed by atoms with E-state index in [-0.39, 0.29) is 24.3 Å². The molecule has 2 aliphatic heterocycles. The van der Waals surface area contributed by atoms with Crippen LogP contribution >= 0.6 is 0 Å². The fraction of sp³-hybridized carbons (Fsp3) is 0.407. The number of amides is 1. The zero-order chi connectivity index (χ0) is 25.9. The van der Waals surface area contributed by atoms with Gasteiger partial charge in [0.05, 0.1) is 33.6 Å². The molecule has 4 radical (unpaired) electrons. The van der Waals surface area contributed by atoms with Gasteiger partial charge in [-0.2, -0.15) is 5.26 Å². The quantitative estimate of drug-likeness (QED) is 0.339. The zero-order valence-corrected chi connectivity index (χ0v) is 20.7. The minimum atomic E-state index is -1.33. The van der Waals surface area contributed by atoms with E-state index < -0.39 is 17.4 Å². The number of carbonyl (C=O) groups excluding carboxylic acids is 1. The highest BCUT2D eigenvalue weighted by atomic mass is 16.8. The maximum Gasteiger partial charge on any atom is 0.272 e. The summed E-state index contributed by atoms with van der Waals surface area (Å²) in [5, 5.41) is 11.8. The van der Waals surface area contributed by atoms with Crippen molar-refractivity contribution in [1.29, 1.82) is 5.26 Å². The minimum Gasteiger partial charge on any atom is -0.493 e. The second-order valence-electron chi connectivity index (χ2n) is 9.57. The van der Waals surface area contributed by atoms with Gasteiger partial charge in [0, 0.05) is 36.3 Å². The summed E-state index contributed by atoms with van der Waals surface area (Å²) in [6.07, 6.45) is 2.22. The van der Waals surface area contributed by atoms with Crippen molar-refractivity contribution < 1.29 is 19.1 Å². The first kappa shape index (κ1) is 25.9. The molecule has 1 amide bonds. The molecule has 0 aliphatic carbocycles. The molecule has 36 heavy (non-hydrogen) atoms. The molecular formula is C27H29B2N3O4. The van der Waals surface area contributed by atoms with Gasteiger partial charge in [-0.05, 0) is 41.2 Å². The molecule has 1 atom stereocenters. The Morgan fingerprint density at radius 2 is 2.06 bits per heavy atom. The van der Waals surface area contributed by atoms with Crippen molar-refractivity contribution in [1.82, 2.24) is 5.48 Å². The molecule has 2 aliphatic rings. The van der Waals surface area contributed by atoms with Crippen LogP contribution in [-0.2, 0) is 19.6 Å². The van der Waals surface area contributed by atoms with Crippen LogP contribution in [0.3, 0.4) is 0 Å². The Balaban J connectivity index is 1.57. The summed E-state index contributed by atoms with van der Waals surface area (Å²) in [5.41, 5.74) is 6.67. The van der Waals surface area contributed by atoms with Crippen molar-refractivity contribution in [2.24, 2.45) is 0 Å². The molecule has 2 aromatic carbocycles.